The summed E-state index contributed by atoms with van der Waals surface area (Å²) in [6, 6.07) is 7.55. The van der Waals surface area contributed by atoms with Gasteiger partial charge in [-0.2, -0.15) is 0 Å². The lowest BCUT2D eigenvalue weighted by Gasteiger charge is -2.09. The Morgan fingerprint density at radius 2 is 2.24 bits per heavy atom. The second kappa shape index (κ2) is 5.29. The van der Waals surface area contributed by atoms with Crippen LogP contribution in [0.3, 0.4) is 0 Å². The van der Waals surface area contributed by atoms with Crippen molar-refractivity contribution in [1.82, 2.24) is 0 Å². The van der Waals surface area contributed by atoms with Crippen molar-refractivity contribution >= 4 is 27.4 Å². The summed E-state index contributed by atoms with van der Waals surface area (Å²) >= 11 is 1.67. The van der Waals surface area contributed by atoms with Crippen molar-refractivity contribution in [3.63, 3.8) is 0 Å². The van der Waals surface area contributed by atoms with Crippen molar-refractivity contribution in [2.24, 2.45) is 5.73 Å². The zero-order valence-corrected chi connectivity index (χ0v) is 10.5. The lowest BCUT2D eigenvalue weighted by Crippen LogP contribution is -2.34. The number of hydrogen-bond acceptors (Lipinski definition) is 4. The number of carbonyl (C=O) groups excluding carboxylic acids is 1. The number of rotatable bonds is 4. The fourth-order valence-electron chi connectivity index (χ4n) is 1.76. The van der Waals surface area contributed by atoms with Gasteiger partial charge in [0, 0.05) is 4.70 Å². The molecule has 0 unspecified atom stereocenters. The maximum absolute atomic E-state index is 11.5. The molecule has 2 rings (SSSR count). The lowest BCUT2D eigenvalue weighted by atomic mass is 10.1. The number of esters is 1. The van der Waals surface area contributed by atoms with Crippen LogP contribution >= 0.6 is 11.3 Å². The molecule has 0 bridgehead atoms. The maximum atomic E-state index is 11.5. The van der Waals surface area contributed by atoms with Gasteiger partial charge in [0.2, 0.25) is 0 Å². The van der Waals surface area contributed by atoms with Crippen molar-refractivity contribution in [1.29, 1.82) is 0 Å². The van der Waals surface area contributed by atoms with Crippen LogP contribution in [0.25, 0.3) is 10.1 Å². The fraction of sp³-hybridized carbons (Fsp3) is 0.308. The zero-order valence-electron chi connectivity index (χ0n) is 9.68. The number of benzene rings is 1. The largest absolute Gasteiger partial charge is 0.465 e. The topological polar surface area (TPSA) is 52.3 Å². The molecule has 0 fully saturated rings. The predicted octanol–water partition coefficient (Wildman–Crippen LogP) is 2.33. The van der Waals surface area contributed by atoms with Crippen LogP contribution in [0.15, 0.2) is 29.6 Å². The Balaban J connectivity index is 2.16. The number of fused-ring (bicyclic) bond motifs is 1. The average Bonchev–Trinajstić information content (AvgIpc) is 2.73. The monoisotopic (exact) mass is 249 g/mol. The summed E-state index contributed by atoms with van der Waals surface area (Å²) < 4.78 is 6.12. The molecule has 1 aromatic carbocycles. The highest BCUT2D eigenvalue weighted by Gasteiger charge is 2.16. The van der Waals surface area contributed by atoms with Gasteiger partial charge in [0.15, 0.2) is 0 Å². The van der Waals surface area contributed by atoms with E-state index in [1.165, 1.54) is 10.1 Å². The first-order valence-electron chi connectivity index (χ1n) is 5.59. The molecule has 0 aliphatic carbocycles. The molecule has 4 heteroatoms. The SMILES string of the molecule is CCOC(=O)[C@@H](N)Cc1csc2ccccc12. The third-order valence-electron chi connectivity index (χ3n) is 2.59. The van der Waals surface area contributed by atoms with Gasteiger partial charge in [-0.1, -0.05) is 18.2 Å². The standard InChI is InChI=1S/C13H15NO2S/c1-2-16-13(15)11(14)7-9-8-17-12-6-4-3-5-10(9)12/h3-6,8,11H,2,7,14H2,1H3/t11-/m0/s1. The molecule has 0 radical (unpaired) electrons. The highest BCUT2D eigenvalue weighted by molar-refractivity contribution is 7.17. The Morgan fingerprint density at radius 1 is 1.47 bits per heavy atom. The summed E-state index contributed by atoms with van der Waals surface area (Å²) in [5.41, 5.74) is 6.93. The Labute approximate surface area is 104 Å². The Kier molecular flexibility index (Phi) is 3.76. The molecule has 2 aromatic rings. The summed E-state index contributed by atoms with van der Waals surface area (Å²) in [6.45, 7) is 2.15. The van der Waals surface area contributed by atoms with Crippen molar-refractivity contribution < 1.29 is 9.53 Å². The Hall–Kier alpha value is -1.39. The maximum Gasteiger partial charge on any atom is 0.323 e. The third-order valence-corrected chi connectivity index (χ3v) is 3.60. The average molecular weight is 249 g/mol. The summed E-state index contributed by atoms with van der Waals surface area (Å²) in [5, 5.41) is 3.24. The Bertz CT molecular complexity index is 521. The molecule has 0 saturated heterocycles. The normalized spacial score (nSPS) is 12.6. The van der Waals surface area contributed by atoms with Crippen LogP contribution in [-0.4, -0.2) is 18.6 Å². The fourth-order valence-corrected chi connectivity index (χ4v) is 2.74. The van der Waals surface area contributed by atoms with E-state index < -0.39 is 6.04 Å². The molecule has 90 valence electrons. The summed E-state index contributed by atoms with van der Waals surface area (Å²) in [7, 11) is 0. The number of hydrogen-bond donors (Lipinski definition) is 1. The molecule has 3 nitrogen and oxygen atoms in total. The van der Waals surface area contributed by atoms with E-state index >= 15 is 0 Å². The molecular formula is C13H15NO2S. The van der Waals surface area contributed by atoms with Crippen LogP contribution < -0.4 is 5.73 Å². The molecule has 2 N–H and O–H groups in total. The number of carbonyl (C=O) groups is 1. The van der Waals surface area contributed by atoms with Gasteiger partial charge < -0.3 is 10.5 Å². The van der Waals surface area contributed by atoms with E-state index in [1.807, 2.05) is 12.1 Å². The minimum absolute atomic E-state index is 0.331. The molecule has 0 aliphatic rings. The van der Waals surface area contributed by atoms with Gasteiger partial charge in [0.25, 0.3) is 0 Å². The van der Waals surface area contributed by atoms with Crippen LogP contribution in [0.4, 0.5) is 0 Å². The highest BCUT2D eigenvalue weighted by atomic mass is 32.1. The molecule has 1 aromatic heterocycles. The number of ether oxygens (including phenoxy) is 1. The van der Waals surface area contributed by atoms with Crippen molar-refractivity contribution in [2.45, 2.75) is 19.4 Å². The van der Waals surface area contributed by atoms with Gasteiger partial charge in [-0.3, -0.25) is 4.79 Å². The zero-order chi connectivity index (χ0) is 12.3. The van der Waals surface area contributed by atoms with Crippen molar-refractivity contribution in [3.8, 4) is 0 Å². The van der Waals surface area contributed by atoms with E-state index in [4.69, 9.17) is 10.5 Å². The molecule has 0 amide bonds. The highest BCUT2D eigenvalue weighted by Crippen LogP contribution is 2.26. The summed E-state index contributed by atoms with van der Waals surface area (Å²) in [4.78, 5) is 11.5. The Morgan fingerprint density at radius 3 is 3.00 bits per heavy atom. The van der Waals surface area contributed by atoms with E-state index in [9.17, 15) is 4.79 Å². The smallest absolute Gasteiger partial charge is 0.323 e. The van der Waals surface area contributed by atoms with E-state index in [0.29, 0.717) is 13.0 Å². The van der Waals surface area contributed by atoms with Crippen LogP contribution in [0.5, 0.6) is 0 Å². The van der Waals surface area contributed by atoms with E-state index in [1.54, 1.807) is 18.3 Å². The lowest BCUT2D eigenvalue weighted by molar-refractivity contribution is -0.144. The quantitative estimate of drug-likeness (QED) is 0.846. The van der Waals surface area contributed by atoms with Gasteiger partial charge in [-0.05, 0) is 35.7 Å². The predicted molar refractivity (Wildman–Crippen MR) is 70.1 cm³/mol. The molecule has 0 saturated carbocycles. The second-order valence-electron chi connectivity index (χ2n) is 3.82. The van der Waals surface area contributed by atoms with Crippen LogP contribution in [0, 0.1) is 0 Å². The van der Waals surface area contributed by atoms with Gasteiger partial charge in [-0.25, -0.2) is 0 Å². The first-order chi connectivity index (χ1) is 8.22. The second-order valence-corrected chi connectivity index (χ2v) is 4.73. The third kappa shape index (κ3) is 2.65. The minimum Gasteiger partial charge on any atom is -0.465 e. The molecular weight excluding hydrogens is 234 g/mol. The van der Waals surface area contributed by atoms with Crippen molar-refractivity contribution in [3.05, 3.63) is 35.2 Å². The summed E-state index contributed by atoms with van der Waals surface area (Å²) in [6.07, 6.45) is 0.531. The first kappa shape index (κ1) is 12.1. The summed E-state index contributed by atoms with van der Waals surface area (Å²) in [5.74, 6) is -0.331. The molecule has 17 heavy (non-hydrogen) atoms. The minimum atomic E-state index is -0.576. The van der Waals surface area contributed by atoms with E-state index in [0.717, 1.165) is 5.56 Å². The molecule has 0 aliphatic heterocycles. The first-order valence-corrected chi connectivity index (χ1v) is 6.47. The van der Waals surface area contributed by atoms with Crippen molar-refractivity contribution in [2.75, 3.05) is 6.61 Å². The van der Waals surface area contributed by atoms with Gasteiger partial charge in [-0.15, -0.1) is 11.3 Å². The van der Waals surface area contributed by atoms with Gasteiger partial charge in [0.1, 0.15) is 6.04 Å². The van der Waals surface area contributed by atoms with Crippen LogP contribution in [-0.2, 0) is 16.0 Å². The molecule has 0 spiro atoms. The van der Waals surface area contributed by atoms with Crippen LogP contribution in [0.2, 0.25) is 0 Å². The van der Waals surface area contributed by atoms with Gasteiger partial charge >= 0.3 is 5.97 Å². The number of thiophene rings is 1. The van der Waals surface area contributed by atoms with E-state index in [2.05, 4.69) is 17.5 Å². The molecule has 1 heterocycles. The van der Waals surface area contributed by atoms with Crippen LogP contribution in [0.1, 0.15) is 12.5 Å². The van der Waals surface area contributed by atoms with E-state index in [-0.39, 0.29) is 5.97 Å². The van der Waals surface area contributed by atoms with Gasteiger partial charge in [0.05, 0.1) is 6.61 Å². The number of nitrogens with two attached hydrogens (primary N) is 1. The molecule has 1 atom stereocenters.